The topological polar surface area (TPSA) is 28.0 Å². The standard InChI is InChI=1S/C12H25N3/c1-9(2)7-8-15-10(3)11(13-14-15)12(4,5)6/h9-11H,7-8H2,1-6H3. The molecule has 1 heterocycles. The van der Waals surface area contributed by atoms with Crippen molar-refractivity contribution >= 4 is 0 Å². The maximum atomic E-state index is 4.40. The highest BCUT2D eigenvalue weighted by Gasteiger charge is 2.36. The summed E-state index contributed by atoms with van der Waals surface area (Å²) in [5.41, 5.74) is 0.218. The lowest BCUT2D eigenvalue weighted by molar-refractivity contribution is 0.181. The molecule has 88 valence electrons. The van der Waals surface area contributed by atoms with Gasteiger partial charge < -0.3 is 0 Å². The molecule has 0 fully saturated rings. The Labute approximate surface area is 93.9 Å². The van der Waals surface area contributed by atoms with E-state index in [0.29, 0.717) is 12.1 Å². The van der Waals surface area contributed by atoms with E-state index in [1.807, 2.05) is 0 Å². The molecule has 15 heavy (non-hydrogen) atoms. The number of hydrogen-bond donors (Lipinski definition) is 0. The summed E-state index contributed by atoms with van der Waals surface area (Å²) in [6.07, 6.45) is 1.19. The highest BCUT2D eigenvalue weighted by Crippen LogP contribution is 2.32. The molecule has 0 aromatic heterocycles. The zero-order valence-electron chi connectivity index (χ0n) is 11.0. The van der Waals surface area contributed by atoms with Gasteiger partial charge in [-0.1, -0.05) is 39.8 Å². The molecule has 0 saturated carbocycles. The quantitative estimate of drug-likeness (QED) is 0.702. The van der Waals surface area contributed by atoms with Crippen molar-refractivity contribution in [1.82, 2.24) is 5.01 Å². The molecule has 2 unspecified atom stereocenters. The van der Waals surface area contributed by atoms with Gasteiger partial charge in [-0.15, -0.1) is 0 Å². The van der Waals surface area contributed by atoms with Gasteiger partial charge in [-0.25, -0.2) is 0 Å². The van der Waals surface area contributed by atoms with Gasteiger partial charge in [-0.3, -0.25) is 5.01 Å². The summed E-state index contributed by atoms with van der Waals surface area (Å²) in [6.45, 7) is 14.5. The van der Waals surface area contributed by atoms with E-state index in [1.165, 1.54) is 6.42 Å². The van der Waals surface area contributed by atoms with Crippen molar-refractivity contribution in [2.45, 2.75) is 60.0 Å². The van der Waals surface area contributed by atoms with Gasteiger partial charge in [0.15, 0.2) is 0 Å². The highest BCUT2D eigenvalue weighted by molar-refractivity contribution is 4.91. The van der Waals surface area contributed by atoms with E-state index in [4.69, 9.17) is 0 Å². The van der Waals surface area contributed by atoms with Crippen LogP contribution in [0.5, 0.6) is 0 Å². The van der Waals surface area contributed by atoms with Crippen molar-refractivity contribution in [2.24, 2.45) is 21.7 Å². The molecule has 1 rings (SSSR count). The van der Waals surface area contributed by atoms with E-state index < -0.39 is 0 Å². The second-order valence-electron chi connectivity index (χ2n) is 6.10. The van der Waals surface area contributed by atoms with Crippen molar-refractivity contribution in [3.8, 4) is 0 Å². The summed E-state index contributed by atoms with van der Waals surface area (Å²) in [7, 11) is 0. The van der Waals surface area contributed by atoms with Crippen molar-refractivity contribution in [1.29, 1.82) is 0 Å². The molecule has 0 N–H and O–H groups in total. The van der Waals surface area contributed by atoms with Crippen LogP contribution in [0.25, 0.3) is 0 Å². The molecule has 3 heteroatoms. The Morgan fingerprint density at radius 2 is 1.87 bits per heavy atom. The molecule has 1 aliphatic rings. The van der Waals surface area contributed by atoms with Crippen LogP contribution in [0.3, 0.4) is 0 Å². The average Bonchev–Trinajstić information content (AvgIpc) is 2.42. The Bertz CT molecular complexity index is 228. The summed E-state index contributed by atoms with van der Waals surface area (Å²) in [5, 5.41) is 10.8. The van der Waals surface area contributed by atoms with E-state index >= 15 is 0 Å². The third-order valence-corrected chi connectivity index (χ3v) is 3.04. The van der Waals surface area contributed by atoms with Crippen molar-refractivity contribution in [3.63, 3.8) is 0 Å². The summed E-state index contributed by atoms with van der Waals surface area (Å²) in [6, 6.07) is 0.786. The second kappa shape index (κ2) is 4.50. The lowest BCUT2D eigenvalue weighted by atomic mass is 9.83. The van der Waals surface area contributed by atoms with Crippen LogP contribution in [-0.2, 0) is 0 Å². The first-order valence-electron chi connectivity index (χ1n) is 5.99. The molecule has 0 radical (unpaired) electrons. The first-order valence-corrected chi connectivity index (χ1v) is 5.99. The molecule has 0 aromatic carbocycles. The minimum absolute atomic E-state index is 0.218. The number of rotatable bonds is 3. The van der Waals surface area contributed by atoms with Gasteiger partial charge in [0.1, 0.15) is 0 Å². The van der Waals surface area contributed by atoms with Crippen LogP contribution in [0.15, 0.2) is 10.3 Å². The van der Waals surface area contributed by atoms with Gasteiger partial charge >= 0.3 is 0 Å². The largest absolute Gasteiger partial charge is 0.274 e. The summed E-state index contributed by atoms with van der Waals surface area (Å²) < 4.78 is 0. The molecule has 0 bridgehead atoms. The van der Waals surface area contributed by atoms with Gasteiger partial charge in [0.2, 0.25) is 0 Å². The normalized spacial score (nSPS) is 26.7. The van der Waals surface area contributed by atoms with Crippen molar-refractivity contribution < 1.29 is 0 Å². The number of nitrogens with zero attached hydrogens (tertiary/aromatic N) is 3. The molecule has 0 saturated heterocycles. The van der Waals surface area contributed by atoms with Crippen molar-refractivity contribution in [2.75, 3.05) is 6.54 Å². The molecular formula is C12H25N3. The zero-order chi connectivity index (χ0) is 11.6. The molecule has 0 spiro atoms. The van der Waals surface area contributed by atoms with Crippen LogP contribution in [0.4, 0.5) is 0 Å². The van der Waals surface area contributed by atoms with Crippen LogP contribution in [0.1, 0.15) is 48.0 Å². The molecule has 2 atom stereocenters. The lowest BCUT2D eigenvalue weighted by Gasteiger charge is -2.30. The maximum absolute atomic E-state index is 4.40. The molecular weight excluding hydrogens is 186 g/mol. The van der Waals surface area contributed by atoms with E-state index in [-0.39, 0.29) is 5.41 Å². The monoisotopic (exact) mass is 211 g/mol. The van der Waals surface area contributed by atoms with Gasteiger partial charge in [0, 0.05) is 6.54 Å². The van der Waals surface area contributed by atoms with Crippen molar-refractivity contribution in [3.05, 3.63) is 0 Å². The maximum Gasteiger partial charge on any atom is 0.0994 e. The predicted octanol–water partition coefficient (Wildman–Crippen LogP) is 3.52. The predicted molar refractivity (Wildman–Crippen MR) is 63.7 cm³/mol. The fourth-order valence-corrected chi connectivity index (χ4v) is 2.00. The van der Waals surface area contributed by atoms with Crippen LogP contribution in [0, 0.1) is 11.3 Å². The lowest BCUT2D eigenvalue weighted by Crippen LogP contribution is -2.39. The molecule has 1 aliphatic heterocycles. The van der Waals surface area contributed by atoms with Gasteiger partial charge in [0.25, 0.3) is 0 Å². The van der Waals surface area contributed by atoms with Crippen LogP contribution < -0.4 is 0 Å². The average molecular weight is 211 g/mol. The Kier molecular flexibility index (Phi) is 3.74. The highest BCUT2D eigenvalue weighted by atomic mass is 15.6. The van der Waals surface area contributed by atoms with E-state index in [9.17, 15) is 0 Å². The van der Waals surface area contributed by atoms with Gasteiger partial charge in [0.05, 0.1) is 12.1 Å². The van der Waals surface area contributed by atoms with Gasteiger partial charge in [-0.05, 0) is 24.7 Å². The van der Waals surface area contributed by atoms with E-state index in [2.05, 4.69) is 56.9 Å². The van der Waals surface area contributed by atoms with Crippen LogP contribution >= 0.6 is 0 Å². The Morgan fingerprint density at radius 3 is 2.27 bits per heavy atom. The molecule has 0 aromatic rings. The van der Waals surface area contributed by atoms with E-state index in [0.717, 1.165) is 12.5 Å². The minimum Gasteiger partial charge on any atom is -0.274 e. The molecule has 0 amide bonds. The summed E-state index contributed by atoms with van der Waals surface area (Å²) >= 11 is 0. The van der Waals surface area contributed by atoms with Gasteiger partial charge in [-0.2, -0.15) is 5.11 Å². The second-order valence-corrected chi connectivity index (χ2v) is 6.10. The fourth-order valence-electron chi connectivity index (χ4n) is 2.00. The smallest absolute Gasteiger partial charge is 0.0994 e. The Morgan fingerprint density at radius 1 is 1.27 bits per heavy atom. The SMILES string of the molecule is CC(C)CCN1N=NC(C(C)(C)C)C1C. The van der Waals surface area contributed by atoms with E-state index in [1.54, 1.807) is 0 Å². The molecule has 0 aliphatic carbocycles. The summed E-state index contributed by atoms with van der Waals surface area (Å²) in [5.74, 6) is 0.737. The fraction of sp³-hybridized carbons (Fsp3) is 1.00. The summed E-state index contributed by atoms with van der Waals surface area (Å²) in [4.78, 5) is 0. The zero-order valence-corrected chi connectivity index (χ0v) is 11.0. The Balaban J connectivity index is 2.50. The van der Waals surface area contributed by atoms with Crippen LogP contribution in [0.2, 0.25) is 0 Å². The third kappa shape index (κ3) is 3.18. The first-order chi connectivity index (χ1) is 6.82. The molecule has 3 nitrogen and oxygen atoms in total. The first kappa shape index (κ1) is 12.5. The Hall–Kier alpha value is -0.600. The third-order valence-electron chi connectivity index (χ3n) is 3.04. The van der Waals surface area contributed by atoms with Crippen LogP contribution in [-0.4, -0.2) is 23.6 Å². The number of hydrogen-bond acceptors (Lipinski definition) is 3. The minimum atomic E-state index is 0.218.